The van der Waals surface area contributed by atoms with Gasteiger partial charge in [0.1, 0.15) is 11.8 Å². The Labute approximate surface area is 148 Å². The Bertz CT molecular complexity index is 707. The van der Waals surface area contributed by atoms with Gasteiger partial charge in [-0.2, -0.15) is 5.10 Å². The molecule has 1 heterocycles. The molecule has 2 rings (SSSR count). The van der Waals surface area contributed by atoms with E-state index in [0.29, 0.717) is 0 Å². The number of aryl methyl sites for hydroxylation is 2. The lowest BCUT2D eigenvalue weighted by Gasteiger charge is -2.17. The number of amides is 1. The Morgan fingerprint density at radius 1 is 1.24 bits per heavy atom. The molecule has 1 aromatic carbocycles. The zero-order valence-electron chi connectivity index (χ0n) is 15.5. The Morgan fingerprint density at radius 3 is 2.40 bits per heavy atom. The van der Waals surface area contributed by atoms with Crippen LogP contribution in [0.15, 0.2) is 30.3 Å². The SMILES string of the molecule is Cc1cc(C)n(C(C)C(=O)NCC(O)c2ccc(OC(C)C)cc2)n1. The fourth-order valence-corrected chi connectivity index (χ4v) is 2.65. The first-order valence-corrected chi connectivity index (χ1v) is 8.53. The second-order valence-corrected chi connectivity index (χ2v) is 6.54. The van der Waals surface area contributed by atoms with E-state index in [9.17, 15) is 9.90 Å². The number of carbonyl (C=O) groups is 1. The van der Waals surface area contributed by atoms with Gasteiger partial charge in [0, 0.05) is 12.2 Å². The molecule has 0 bridgehead atoms. The Balaban J connectivity index is 1.91. The van der Waals surface area contributed by atoms with Crippen molar-refractivity contribution in [1.82, 2.24) is 15.1 Å². The van der Waals surface area contributed by atoms with Crippen LogP contribution < -0.4 is 10.1 Å². The summed E-state index contributed by atoms with van der Waals surface area (Å²) in [5.74, 6) is 0.582. The number of nitrogens with one attached hydrogen (secondary N) is 1. The predicted molar refractivity (Wildman–Crippen MR) is 96.6 cm³/mol. The van der Waals surface area contributed by atoms with Crippen LogP contribution in [0, 0.1) is 13.8 Å². The molecule has 2 N–H and O–H groups in total. The summed E-state index contributed by atoms with van der Waals surface area (Å²) < 4.78 is 7.27. The second-order valence-electron chi connectivity index (χ2n) is 6.54. The van der Waals surface area contributed by atoms with Crippen molar-refractivity contribution < 1.29 is 14.6 Å². The molecule has 0 saturated carbocycles. The molecule has 0 aliphatic heterocycles. The maximum absolute atomic E-state index is 12.3. The van der Waals surface area contributed by atoms with E-state index < -0.39 is 12.1 Å². The maximum atomic E-state index is 12.3. The molecule has 6 nitrogen and oxygen atoms in total. The standard InChI is InChI=1S/C19H27N3O3/c1-12(2)25-17-8-6-16(7-9-17)18(23)11-20-19(24)15(5)22-14(4)10-13(3)21-22/h6-10,12,15,18,23H,11H2,1-5H3,(H,20,24). The van der Waals surface area contributed by atoms with Crippen LogP contribution in [0.25, 0.3) is 0 Å². The summed E-state index contributed by atoms with van der Waals surface area (Å²) in [7, 11) is 0. The largest absolute Gasteiger partial charge is 0.491 e. The predicted octanol–water partition coefficient (Wildman–Crippen LogP) is 2.70. The molecule has 0 radical (unpaired) electrons. The fourth-order valence-electron chi connectivity index (χ4n) is 2.65. The smallest absolute Gasteiger partial charge is 0.244 e. The quantitative estimate of drug-likeness (QED) is 0.809. The first-order valence-electron chi connectivity index (χ1n) is 8.53. The highest BCUT2D eigenvalue weighted by molar-refractivity contribution is 5.79. The van der Waals surface area contributed by atoms with Gasteiger partial charge in [0.2, 0.25) is 5.91 Å². The van der Waals surface area contributed by atoms with Crippen molar-refractivity contribution in [3.8, 4) is 5.75 Å². The van der Waals surface area contributed by atoms with Crippen LogP contribution in [-0.4, -0.2) is 33.4 Å². The molecular weight excluding hydrogens is 318 g/mol. The summed E-state index contributed by atoms with van der Waals surface area (Å²) in [5, 5.41) is 17.4. The van der Waals surface area contributed by atoms with E-state index in [0.717, 1.165) is 22.7 Å². The zero-order chi connectivity index (χ0) is 18.6. The normalized spacial score (nSPS) is 13.6. The number of aliphatic hydroxyl groups excluding tert-OH is 1. The van der Waals surface area contributed by atoms with E-state index in [-0.39, 0.29) is 18.6 Å². The molecule has 1 aromatic heterocycles. The molecule has 0 spiro atoms. The van der Waals surface area contributed by atoms with Gasteiger partial charge >= 0.3 is 0 Å². The Hall–Kier alpha value is -2.34. The van der Waals surface area contributed by atoms with E-state index in [1.807, 2.05) is 45.9 Å². The van der Waals surface area contributed by atoms with Gasteiger partial charge in [0.05, 0.1) is 17.9 Å². The van der Waals surface area contributed by atoms with Crippen LogP contribution in [0.2, 0.25) is 0 Å². The molecular formula is C19H27N3O3. The van der Waals surface area contributed by atoms with Gasteiger partial charge in [-0.1, -0.05) is 12.1 Å². The van der Waals surface area contributed by atoms with Crippen LogP contribution in [0.5, 0.6) is 5.75 Å². The Kier molecular flexibility index (Phi) is 6.20. The van der Waals surface area contributed by atoms with Crippen molar-refractivity contribution in [3.63, 3.8) is 0 Å². The van der Waals surface area contributed by atoms with Crippen molar-refractivity contribution in [3.05, 3.63) is 47.3 Å². The van der Waals surface area contributed by atoms with E-state index in [4.69, 9.17) is 4.74 Å². The van der Waals surface area contributed by atoms with Gasteiger partial charge in [0.15, 0.2) is 0 Å². The molecule has 0 aliphatic rings. The highest BCUT2D eigenvalue weighted by atomic mass is 16.5. The van der Waals surface area contributed by atoms with Crippen molar-refractivity contribution >= 4 is 5.91 Å². The number of hydrogen-bond acceptors (Lipinski definition) is 4. The number of benzene rings is 1. The van der Waals surface area contributed by atoms with Crippen LogP contribution in [0.1, 0.15) is 49.9 Å². The summed E-state index contributed by atoms with van der Waals surface area (Å²) in [6.07, 6.45) is -0.671. The first kappa shape index (κ1) is 19.0. The molecule has 2 unspecified atom stereocenters. The number of rotatable bonds is 7. The zero-order valence-corrected chi connectivity index (χ0v) is 15.5. The molecule has 0 fully saturated rings. The molecule has 136 valence electrons. The van der Waals surface area contributed by atoms with Crippen molar-refractivity contribution in [1.29, 1.82) is 0 Å². The van der Waals surface area contributed by atoms with Gasteiger partial charge in [0.25, 0.3) is 0 Å². The number of hydrogen-bond donors (Lipinski definition) is 2. The number of carbonyl (C=O) groups excluding carboxylic acids is 1. The van der Waals surface area contributed by atoms with Crippen molar-refractivity contribution in [2.75, 3.05) is 6.54 Å². The molecule has 2 aromatic rings. The molecule has 0 saturated heterocycles. The van der Waals surface area contributed by atoms with Gasteiger partial charge in [-0.15, -0.1) is 0 Å². The van der Waals surface area contributed by atoms with Gasteiger partial charge in [-0.3, -0.25) is 9.48 Å². The van der Waals surface area contributed by atoms with E-state index in [2.05, 4.69) is 10.4 Å². The van der Waals surface area contributed by atoms with Crippen LogP contribution in [0.4, 0.5) is 0 Å². The molecule has 1 amide bonds. The molecule has 0 aliphatic carbocycles. The minimum Gasteiger partial charge on any atom is -0.491 e. The first-order chi connectivity index (χ1) is 11.8. The topological polar surface area (TPSA) is 76.4 Å². The van der Waals surface area contributed by atoms with Crippen LogP contribution >= 0.6 is 0 Å². The second kappa shape index (κ2) is 8.16. The third kappa shape index (κ3) is 5.06. The average molecular weight is 345 g/mol. The van der Waals surface area contributed by atoms with Crippen LogP contribution in [0.3, 0.4) is 0 Å². The molecule has 25 heavy (non-hydrogen) atoms. The Morgan fingerprint density at radius 2 is 1.88 bits per heavy atom. The lowest BCUT2D eigenvalue weighted by molar-refractivity contribution is -0.124. The minimum atomic E-state index is -0.773. The van der Waals surface area contributed by atoms with Crippen molar-refractivity contribution in [2.24, 2.45) is 0 Å². The minimum absolute atomic E-state index is 0.103. The summed E-state index contributed by atoms with van der Waals surface area (Å²) in [4.78, 5) is 12.3. The van der Waals surface area contributed by atoms with Gasteiger partial charge in [-0.25, -0.2) is 0 Å². The lowest BCUT2D eigenvalue weighted by Crippen LogP contribution is -2.34. The summed E-state index contributed by atoms with van der Waals surface area (Å²) in [6.45, 7) is 9.67. The third-order valence-electron chi connectivity index (χ3n) is 3.90. The summed E-state index contributed by atoms with van der Waals surface area (Å²) >= 11 is 0. The monoisotopic (exact) mass is 345 g/mol. The van der Waals surface area contributed by atoms with E-state index >= 15 is 0 Å². The lowest BCUT2D eigenvalue weighted by atomic mass is 10.1. The van der Waals surface area contributed by atoms with E-state index in [1.54, 1.807) is 23.7 Å². The van der Waals surface area contributed by atoms with E-state index in [1.165, 1.54) is 0 Å². The van der Waals surface area contributed by atoms with Gasteiger partial charge in [-0.05, 0) is 58.4 Å². The highest BCUT2D eigenvalue weighted by Crippen LogP contribution is 2.19. The number of aliphatic hydroxyl groups is 1. The third-order valence-corrected chi connectivity index (χ3v) is 3.90. The summed E-state index contributed by atoms with van der Waals surface area (Å²) in [5.41, 5.74) is 2.54. The molecule has 6 heteroatoms. The fraction of sp³-hybridized carbons (Fsp3) is 0.474. The maximum Gasteiger partial charge on any atom is 0.244 e. The van der Waals surface area contributed by atoms with Gasteiger partial charge < -0.3 is 15.2 Å². The number of ether oxygens (including phenoxy) is 1. The average Bonchev–Trinajstić information content (AvgIpc) is 2.90. The van der Waals surface area contributed by atoms with Crippen molar-refractivity contribution in [2.45, 2.75) is 52.9 Å². The molecule has 2 atom stereocenters. The summed E-state index contributed by atoms with van der Waals surface area (Å²) in [6, 6.07) is 8.75. The number of nitrogens with zero attached hydrogens (tertiary/aromatic N) is 2. The highest BCUT2D eigenvalue weighted by Gasteiger charge is 2.19. The van der Waals surface area contributed by atoms with Crippen LogP contribution in [-0.2, 0) is 4.79 Å². The number of aromatic nitrogens is 2.